The van der Waals surface area contributed by atoms with Crippen molar-refractivity contribution in [2.75, 3.05) is 6.54 Å². The maximum absolute atomic E-state index is 11.7. The molecule has 2 rings (SSSR count). The molecule has 1 amide bonds. The van der Waals surface area contributed by atoms with Gasteiger partial charge in [0.1, 0.15) is 4.88 Å². The van der Waals surface area contributed by atoms with E-state index in [0.717, 1.165) is 11.5 Å². The summed E-state index contributed by atoms with van der Waals surface area (Å²) >= 11 is 0.966. The Hall–Kier alpha value is -2.28. The second kappa shape index (κ2) is 6.05. The molecule has 0 radical (unpaired) electrons. The first-order chi connectivity index (χ1) is 9.18. The van der Waals surface area contributed by atoms with Crippen molar-refractivity contribution in [2.24, 2.45) is 0 Å². The first-order valence-electron chi connectivity index (χ1n) is 5.52. The number of carbonyl (C=O) groups is 2. The van der Waals surface area contributed by atoms with Crippen molar-refractivity contribution in [3.05, 3.63) is 47.0 Å². The standard InChI is InChI=1S/C12H11N3O3S/c16-11(10-7-14-15-19-10)13-6-9(12(17)18)8-4-2-1-3-5-8/h1-5,7,9H,6H2,(H,13,16)(H,17,18). The van der Waals surface area contributed by atoms with Gasteiger partial charge in [0.2, 0.25) is 0 Å². The average Bonchev–Trinajstić information content (AvgIpc) is 2.93. The number of nitrogens with one attached hydrogen (secondary N) is 1. The molecule has 0 spiro atoms. The first-order valence-corrected chi connectivity index (χ1v) is 6.29. The third-order valence-corrected chi connectivity index (χ3v) is 3.22. The Balaban J connectivity index is 2.03. The van der Waals surface area contributed by atoms with E-state index in [1.165, 1.54) is 6.20 Å². The predicted octanol–water partition coefficient (Wildman–Crippen LogP) is 1.14. The van der Waals surface area contributed by atoms with Crippen molar-refractivity contribution in [1.82, 2.24) is 14.9 Å². The van der Waals surface area contributed by atoms with Crippen LogP contribution in [0.3, 0.4) is 0 Å². The highest BCUT2D eigenvalue weighted by Crippen LogP contribution is 2.15. The molecule has 0 aliphatic heterocycles. The lowest BCUT2D eigenvalue weighted by atomic mass is 9.99. The van der Waals surface area contributed by atoms with Gasteiger partial charge in [0, 0.05) is 6.54 Å². The Kier molecular flexibility index (Phi) is 4.19. The Morgan fingerprint density at radius 2 is 2.05 bits per heavy atom. The summed E-state index contributed by atoms with van der Waals surface area (Å²) in [5.74, 6) is -2.11. The number of nitrogens with zero attached hydrogens (tertiary/aromatic N) is 2. The third kappa shape index (κ3) is 3.35. The van der Waals surface area contributed by atoms with Gasteiger partial charge in [-0.05, 0) is 17.1 Å². The van der Waals surface area contributed by atoms with Crippen molar-refractivity contribution < 1.29 is 14.7 Å². The van der Waals surface area contributed by atoms with E-state index >= 15 is 0 Å². The predicted molar refractivity (Wildman–Crippen MR) is 69.1 cm³/mol. The molecule has 1 heterocycles. The van der Waals surface area contributed by atoms with Crippen molar-refractivity contribution in [1.29, 1.82) is 0 Å². The fourth-order valence-electron chi connectivity index (χ4n) is 1.58. The van der Waals surface area contributed by atoms with Gasteiger partial charge in [-0.3, -0.25) is 9.59 Å². The van der Waals surface area contributed by atoms with Gasteiger partial charge in [-0.1, -0.05) is 34.8 Å². The molecular formula is C12H11N3O3S. The molecule has 0 fully saturated rings. The summed E-state index contributed by atoms with van der Waals surface area (Å²) in [4.78, 5) is 23.3. The topological polar surface area (TPSA) is 92.2 Å². The molecule has 2 aromatic rings. The minimum Gasteiger partial charge on any atom is -0.481 e. The zero-order valence-electron chi connectivity index (χ0n) is 9.81. The molecule has 1 atom stereocenters. The fourth-order valence-corrected chi connectivity index (χ4v) is 2.01. The van der Waals surface area contributed by atoms with Crippen LogP contribution < -0.4 is 5.32 Å². The Bertz CT molecular complexity index is 557. The normalized spacial score (nSPS) is 11.8. The Morgan fingerprint density at radius 1 is 1.32 bits per heavy atom. The van der Waals surface area contributed by atoms with Crippen LogP contribution in [0, 0.1) is 0 Å². The number of hydrogen-bond donors (Lipinski definition) is 2. The number of amides is 1. The van der Waals surface area contributed by atoms with Crippen molar-refractivity contribution >= 4 is 23.4 Å². The number of benzene rings is 1. The van der Waals surface area contributed by atoms with Crippen LogP contribution in [0.1, 0.15) is 21.2 Å². The lowest BCUT2D eigenvalue weighted by Gasteiger charge is -2.13. The van der Waals surface area contributed by atoms with Crippen LogP contribution in [0.25, 0.3) is 0 Å². The number of rotatable bonds is 5. The summed E-state index contributed by atoms with van der Waals surface area (Å²) < 4.78 is 3.58. The van der Waals surface area contributed by atoms with E-state index in [2.05, 4.69) is 14.9 Å². The molecule has 0 saturated carbocycles. The SMILES string of the molecule is O=C(NCC(C(=O)O)c1ccccc1)c1cnns1. The number of aliphatic carboxylic acids is 1. The molecule has 0 aliphatic carbocycles. The van der Waals surface area contributed by atoms with E-state index < -0.39 is 11.9 Å². The van der Waals surface area contributed by atoms with Crippen molar-refractivity contribution in [3.8, 4) is 0 Å². The van der Waals surface area contributed by atoms with Crippen LogP contribution in [0.5, 0.6) is 0 Å². The highest BCUT2D eigenvalue weighted by molar-refractivity contribution is 7.07. The Morgan fingerprint density at radius 3 is 2.63 bits per heavy atom. The van der Waals surface area contributed by atoms with Gasteiger partial charge in [-0.15, -0.1) is 5.10 Å². The second-order valence-electron chi connectivity index (χ2n) is 3.79. The molecule has 0 saturated heterocycles. The smallest absolute Gasteiger partial charge is 0.312 e. The molecule has 98 valence electrons. The van der Waals surface area contributed by atoms with Crippen LogP contribution in [-0.2, 0) is 4.79 Å². The van der Waals surface area contributed by atoms with Gasteiger partial charge in [0.25, 0.3) is 5.91 Å². The highest BCUT2D eigenvalue weighted by Gasteiger charge is 2.21. The van der Waals surface area contributed by atoms with Crippen LogP contribution >= 0.6 is 11.5 Å². The zero-order valence-corrected chi connectivity index (χ0v) is 10.6. The number of hydrogen-bond acceptors (Lipinski definition) is 5. The van der Waals surface area contributed by atoms with Gasteiger partial charge in [0.15, 0.2) is 0 Å². The lowest BCUT2D eigenvalue weighted by molar-refractivity contribution is -0.138. The monoisotopic (exact) mass is 277 g/mol. The van der Waals surface area contributed by atoms with Gasteiger partial charge in [-0.2, -0.15) is 0 Å². The average molecular weight is 277 g/mol. The molecular weight excluding hydrogens is 266 g/mol. The van der Waals surface area contributed by atoms with Crippen LogP contribution in [0.15, 0.2) is 36.5 Å². The minimum atomic E-state index is -0.978. The van der Waals surface area contributed by atoms with Crippen LogP contribution in [-0.4, -0.2) is 33.1 Å². The maximum atomic E-state index is 11.7. The summed E-state index contributed by atoms with van der Waals surface area (Å²) in [5.41, 5.74) is 0.651. The van der Waals surface area contributed by atoms with Crippen LogP contribution in [0.2, 0.25) is 0 Å². The first kappa shape index (κ1) is 13.2. The van der Waals surface area contributed by atoms with E-state index in [4.69, 9.17) is 0 Å². The second-order valence-corrected chi connectivity index (χ2v) is 4.58. The molecule has 1 aromatic heterocycles. The van der Waals surface area contributed by atoms with Crippen LogP contribution in [0.4, 0.5) is 0 Å². The largest absolute Gasteiger partial charge is 0.481 e. The van der Waals surface area contributed by atoms with E-state index in [0.29, 0.717) is 10.4 Å². The number of carbonyl (C=O) groups excluding carboxylic acids is 1. The maximum Gasteiger partial charge on any atom is 0.312 e. The zero-order chi connectivity index (χ0) is 13.7. The number of carboxylic acids is 1. The minimum absolute atomic E-state index is 0.0239. The van der Waals surface area contributed by atoms with Gasteiger partial charge in [0.05, 0.1) is 12.1 Å². The summed E-state index contributed by atoms with van der Waals surface area (Å²) in [7, 11) is 0. The molecule has 0 aliphatic rings. The molecule has 7 heteroatoms. The van der Waals surface area contributed by atoms with Gasteiger partial charge < -0.3 is 10.4 Å². The van der Waals surface area contributed by atoms with Gasteiger partial charge >= 0.3 is 5.97 Å². The fraction of sp³-hybridized carbons (Fsp3) is 0.167. The van der Waals surface area contributed by atoms with E-state index in [1.54, 1.807) is 24.3 Å². The van der Waals surface area contributed by atoms with E-state index in [1.807, 2.05) is 6.07 Å². The summed E-state index contributed by atoms with van der Waals surface area (Å²) in [6.45, 7) is 0.0239. The summed E-state index contributed by atoms with van der Waals surface area (Å²) in [5, 5.41) is 15.3. The number of aromatic nitrogens is 2. The summed E-state index contributed by atoms with van der Waals surface area (Å²) in [6, 6.07) is 8.78. The number of carboxylic acid groups (broad SMARTS) is 1. The van der Waals surface area contributed by atoms with E-state index in [-0.39, 0.29) is 12.5 Å². The Labute approximate surface area is 113 Å². The van der Waals surface area contributed by atoms with Crippen molar-refractivity contribution in [2.45, 2.75) is 5.92 Å². The third-order valence-electron chi connectivity index (χ3n) is 2.55. The highest BCUT2D eigenvalue weighted by atomic mass is 32.1. The molecule has 1 unspecified atom stereocenters. The molecule has 2 N–H and O–H groups in total. The molecule has 1 aromatic carbocycles. The lowest BCUT2D eigenvalue weighted by Crippen LogP contribution is -2.31. The van der Waals surface area contributed by atoms with Crippen molar-refractivity contribution in [3.63, 3.8) is 0 Å². The van der Waals surface area contributed by atoms with Gasteiger partial charge in [-0.25, -0.2) is 0 Å². The quantitative estimate of drug-likeness (QED) is 0.855. The summed E-state index contributed by atoms with van der Waals surface area (Å²) in [6.07, 6.45) is 1.35. The molecule has 19 heavy (non-hydrogen) atoms. The molecule has 0 bridgehead atoms. The van der Waals surface area contributed by atoms with E-state index in [9.17, 15) is 14.7 Å². The molecule has 6 nitrogen and oxygen atoms in total.